The molecule has 1 atom stereocenters. The van der Waals surface area contributed by atoms with Gasteiger partial charge in [-0.3, -0.25) is 19.7 Å². The Bertz CT molecular complexity index is 705. The molecule has 0 aliphatic carbocycles. The molecule has 2 aliphatic rings. The number of terminal acetylenes is 1. The minimum Gasteiger partial charge on any atom is -0.481 e. The van der Waals surface area contributed by atoms with E-state index in [0.717, 1.165) is 5.56 Å². The van der Waals surface area contributed by atoms with Crippen molar-refractivity contribution in [3.05, 3.63) is 29.3 Å². The minimum absolute atomic E-state index is 0.156. The number of carbonyl (C=O) groups excluding carboxylic acids is 3. The van der Waals surface area contributed by atoms with Crippen LogP contribution in [0.3, 0.4) is 0 Å². The molecule has 0 spiro atoms. The summed E-state index contributed by atoms with van der Waals surface area (Å²) in [5, 5.41) is 2.27. The predicted molar refractivity (Wildman–Crippen MR) is 76.8 cm³/mol. The summed E-state index contributed by atoms with van der Waals surface area (Å²) in [6, 6.07) is 4.51. The number of fused-ring (bicyclic) bond motifs is 1. The standard InChI is InChI=1S/C16H14N2O4/c1-2-7-22-11-3-4-12-10(8-11)9-18(16(12)21)13-5-6-14(19)17-15(13)20/h1,3-4,8,13H,5-7,9H2,(H,17,19,20)/t13-/m0/s1. The largest absolute Gasteiger partial charge is 0.481 e. The lowest BCUT2D eigenvalue weighted by atomic mass is 10.0. The van der Waals surface area contributed by atoms with Crippen molar-refractivity contribution in [1.82, 2.24) is 10.2 Å². The first-order valence-corrected chi connectivity index (χ1v) is 6.94. The average molecular weight is 298 g/mol. The molecule has 2 heterocycles. The van der Waals surface area contributed by atoms with Crippen molar-refractivity contribution < 1.29 is 19.1 Å². The van der Waals surface area contributed by atoms with Gasteiger partial charge < -0.3 is 9.64 Å². The maximum Gasteiger partial charge on any atom is 0.255 e. The van der Waals surface area contributed by atoms with Crippen LogP contribution in [0.4, 0.5) is 0 Å². The van der Waals surface area contributed by atoms with Crippen LogP contribution in [0, 0.1) is 12.3 Å². The lowest BCUT2D eigenvalue weighted by Gasteiger charge is -2.29. The van der Waals surface area contributed by atoms with Crippen molar-refractivity contribution in [2.75, 3.05) is 6.61 Å². The zero-order valence-corrected chi connectivity index (χ0v) is 11.8. The molecule has 1 aromatic carbocycles. The predicted octanol–water partition coefficient (Wildman–Crippen LogP) is 0.460. The van der Waals surface area contributed by atoms with Crippen molar-refractivity contribution in [1.29, 1.82) is 0 Å². The van der Waals surface area contributed by atoms with E-state index in [0.29, 0.717) is 24.3 Å². The van der Waals surface area contributed by atoms with Gasteiger partial charge in [0.1, 0.15) is 18.4 Å². The normalized spacial score (nSPS) is 20.4. The van der Waals surface area contributed by atoms with Gasteiger partial charge in [-0.2, -0.15) is 0 Å². The molecule has 112 valence electrons. The third-order valence-corrected chi connectivity index (χ3v) is 3.82. The first kappa shape index (κ1) is 14.1. The lowest BCUT2D eigenvalue weighted by Crippen LogP contribution is -2.52. The summed E-state index contributed by atoms with van der Waals surface area (Å²) in [6.45, 7) is 0.483. The molecule has 6 nitrogen and oxygen atoms in total. The van der Waals surface area contributed by atoms with Gasteiger partial charge in [0, 0.05) is 18.5 Å². The van der Waals surface area contributed by atoms with Gasteiger partial charge >= 0.3 is 0 Å². The fraction of sp³-hybridized carbons (Fsp3) is 0.312. The lowest BCUT2D eigenvalue weighted by molar-refractivity contribution is -0.136. The van der Waals surface area contributed by atoms with Crippen LogP contribution in [0.2, 0.25) is 0 Å². The Morgan fingerprint density at radius 1 is 1.36 bits per heavy atom. The Labute approximate surface area is 127 Å². The average Bonchev–Trinajstić information content (AvgIpc) is 2.82. The molecule has 0 unspecified atom stereocenters. The Balaban J connectivity index is 1.80. The van der Waals surface area contributed by atoms with E-state index < -0.39 is 11.9 Å². The molecule has 1 saturated heterocycles. The van der Waals surface area contributed by atoms with Gasteiger partial charge in [-0.25, -0.2) is 0 Å². The Morgan fingerprint density at radius 3 is 2.91 bits per heavy atom. The quantitative estimate of drug-likeness (QED) is 0.650. The van der Waals surface area contributed by atoms with E-state index in [2.05, 4.69) is 11.2 Å². The van der Waals surface area contributed by atoms with Gasteiger partial charge in [0.15, 0.2) is 0 Å². The molecule has 1 aromatic rings. The van der Waals surface area contributed by atoms with Crippen LogP contribution in [0.25, 0.3) is 0 Å². The van der Waals surface area contributed by atoms with E-state index in [1.165, 1.54) is 4.90 Å². The van der Waals surface area contributed by atoms with Gasteiger partial charge in [0.2, 0.25) is 11.8 Å². The van der Waals surface area contributed by atoms with Crippen molar-refractivity contribution in [3.8, 4) is 18.1 Å². The monoisotopic (exact) mass is 298 g/mol. The number of hydrogen-bond acceptors (Lipinski definition) is 4. The summed E-state index contributed by atoms with van der Waals surface area (Å²) in [5.41, 5.74) is 1.35. The van der Waals surface area contributed by atoms with E-state index in [4.69, 9.17) is 11.2 Å². The number of amides is 3. The number of nitrogens with zero attached hydrogens (tertiary/aromatic N) is 1. The number of benzene rings is 1. The second-order valence-corrected chi connectivity index (χ2v) is 5.21. The molecular weight excluding hydrogens is 284 g/mol. The van der Waals surface area contributed by atoms with Crippen molar-refractivity contribution in [2.45, 2.75) is 25.4 Å². The number of rotatable bonds is 3. The molecule has 2 aliphatic heterocycles. The minimum atomic E-state index is -0.604. The van der Waals surface area contributed by atoms with E-state index in [1.807, 2.05) is 0 Å². The fourth-order valence-electron chi connectivity index (χ4n) is 2.77. The smallest absolute Gasteiger partial charge is 0.255 e. The first-order chi connectivity index (χ1) is 10.6. The van der Waals surface area contributed by atoms with Gasteiger partial charge in [-0.1, -0.05) is 5.92 Å². The van der Waals surface area contributed by atoms with E-state index in [1.54, 1.807) is 18.2 Å². The number of piperidine rings is 1. The third kappa shape index (κ3) is 2.42. The summed E-state index contributed by atoms with van der Waals surface area (Å²) >= 11 is 0. The van der Waals surface area contributed by atoms with E-state index in [9.17, 15) is 14.4 Å². The van der Waals surface area contributed by atoms with Crippen LogP contribution in [-0.2, 0) is 16.1 Å². The summed E-state index contributed by atoms with van der Waals surface area (Å²) < 4.78 is 5.34. The molecule has 0 bridgehead atoms. The Kier molecular flexibility index (Phi) is 3.55. The maximum absolute atomic E-state index is 12.4. The Hall–Kier alpha value is -2.81. The van der Waals surface area contributed by atoms with Crippen LogP contribution < -0.4 is 10.1 Å². The maximum atomic E-state index is 12.4. The molecule has 1 fully saturated rings. The number of carbonyl (C=O) groups is 3. The SMILES string of the molecule is C#CCOc1ccc2c(c1)CN([C@H]1CCC(=O)NC1=O)C2=O. The van der Waals surface area contributed by atoms with Crippen molar-refractivity contribution in [2.24, 2.45) is 0 Å². The van der Waals surface area contributed by atoms with E-state index in [-0.39, 0.29) is 24.8 Å². The zero-order valence-electron chi connectivity index (χ0n) is 11.8. The number of imide groups is 1. The fourth-order valence-corrected chi connectivity index (χ4v) is 2.77. The van der Waals surface area contributed by atoms with Crippen LogP contribution in [-0.4, -0.2) is 35.3 Å². The van der Waals surface area contributed by atoms with Gasteiger partial charge in [0.05, 0.1) is 0 Å². The molecule has 3 rings (SSSR count). The topological polar surface area (TPSA) is 75.7 Å². The highest BCUT2D eigenvalue weighted by Crippen LogP contribution is 2.30. The molecule has 6 heteroatoms. The molecule has 3 amide bonds. The third-order valence-electron chi connectivity index (χ3n) is 3.82. The zero-order chi connectivity index (χ0) is 15.7. The molecule has 1 N–H and O–H groups in total. The molecule has 0 saturated carbocycles. The Morgan fingerprint density at radius 2 is 2.18 bits per heavy atom. The molecule has 0 radical (unpaired) electrons. The second kappa shape index (κ2) is 5.53. The summed E-state index contributed by atoms with van der Waals surface area (Å²) in [4.78, 5) is 37.1. The molecule has 0 aromatic heterocycles. The van der Waals surface area contributed by atoms with Crippen molar-refractivity contribution in [3.63, 3.8) is 0 Å². The first-order valence-electron chi connectivity index (χ1n) is 6.94. The summed E-state index contributed by atoms with van der Waals surface area (Å²) in [6.07, 6.45) is 5.74. The highest BCUT2D eigenvalue weighted by molar-refractivity contribution is 6.05. The highest BCUT2D eigenvalue weighted by Gasteiger charge is 2.39. The van der Waals surface area contributed by atoms with E-state index >= 15 is 0 Å². The highest BCUT2D eigenvalue weighted by atomic mass is 16.5. The van der Waals surface area contributed by atoms with Gasteiger partial charge in [-0.05, 0) is 30.2 Å². The second-order valence-electron chi connectivity index (χ2n) is 5.21. The van der Waals surface area contributed by atoms with Crippen LogP contribution in [0.1, 0.15) is 28.8 Å². The number of hydrogen-bond donors (Lipinski definition) is 1. The molecule has 22 heavy (non-hydrogen) atoms. The van der Waals surface area contributed by atoms with Gasteiger partial charge in [0.25, 0.3) is 5.91 Å². The summed E-state index contributed by atoms with van der Waals surface area (Å²) in [7, 11) is 0. The van der Waals surface area contributed by atoms with Crippen LogP contribution >= 0.6 is 0 Å². The van der Waals surface area contributed by atoms with Gasteiger partial charge in [-0.15, -0.1) is 6.42 Å². The number of nitrogens with one attached hydrogen (secondary N) is 1. The molecular formula is C16H14N2O4. The number of ether oxygens (including phenoxy) is 1. The van der Waals surface area contributed by atoms with Crippen LogP contribution in [0.5, 0.6) is 5.75 Å². The van der Waals surface area contributed by atoms with Crippen molar-refractivity contribution >= 4 is 17.7 Å². The summed E-state index contributed by atoms with van der Waals surface area (Å²) in [5.74, 6) is 2.06. The van der Waals surface area contributed by atoms with Crippen LogP contribution in [0.15, 0.2) is 18.2 Å².